The number of aromatic nitrogens is 2. The number of sulfonamides is 2. The van der Waals surface area contributed by atoms with Crippen molar-refractivity contribution in [3.63, 3.8) is 0 Å². The fourth-order valence-electron chi connectivity index (χ4n) is 3.63. The largest absolute Gasteiger partial charge is 0.267 e. The highest BCUT2D eigenvalue weighted by Gasteiger charge is 2.37. The van der Waals surface area contributed by atoms with E-state index in [4.69, 9.17) is 5.14 Å². The Labute approximate surface area is 169 Å². The first-order valence-electron chi connectivity index (χ1n) is 8.90. The van der Waals surface area contributed by atoms with E-state index in [1.54, 1.807) is 6.92 Å². The van der Waals surface area contributed by atoms with Crippen molar-refractivity contribution in [1.82, 2.24) is 9.78 Å². The van der Waals surface area contributed by atoms with Crippen LogP contribution in [0, 0.1) is 6.92 Å². The number of anilines is 1. The van der Waals surface area contributed by atoms with Gasteiger partial charge in [0.1, 0.15) is 4.90 Å². The maximum atomic E-state index is 13.3. The minimum Gasteiger partial charge on any atom is -0.263 e. The van der Waals surface area contributed by atoms with E-state index in [-0.39, 0.29) is 15.8 Å². The van der Waals surface area contributed by atoms with Crippen LogP contribution in [0.25, 0.3) is 5.69 Å². The summed E-state index contributed by atoms with van der Waals surface area (Å²) >= 11 is 0. The van der Waals surface area contributed by atoms with Crippen molar-refractivity contribution in [1.29, 1.82) is 0 Å². The molecule has 1 aromatic heterocycles. The third-order valence-electron chi connectivity index (χ3n) is 5.01. The molecule has 0 spiro atoms. The van der Waals surface area contributed by atoms with Gasteiger partial charge in [0.15, 0.2) is 0 Å². The summed E-state index contributed by atoms with van der Waals surface area (Å²) in [4.78, 5) is 0.0334. The molecular weight excluding hydrogens is 412 g/mol. The Morgan fingerprint density at radius 2 is 1.76 bits per heavy atom. The predicted octanol–water partition coefficient (Wildman–Crippen LogP) is 1.97. The van der Waals surface area contributed by atoms with E-state index >= 15 is 0 Å². The number of para-hydroxylation sites is 1. The average Bonchev–Trinajstić information content (AvgIpc) is 3.25. The van der Waals surface area contributed by atoms with Gasteiger partial charge < -0.3 is 0 Å². The number of nitrogens with two attached hydrogens (primary N) is 1. The van der Waals surface area contributed by atoms with Crippen molar-refractivity contribution in [2.45, 2.75) is 36.1 Å². The lowest BCUT2D eigenvalue weighted by atomic mass is 10.1. The van der Waals surface area contributed by atoms with E-state index in [0.29, 0.717) is 17.7 Å². The minimum atomic E-state index is -3.88. The summed E-state index contributed by atoms with van der Waals surface area (Å²) in [5.41, 5.74) is 2.84. The molecule has 1 aliphatic heterocycles. The summed E-state index contributed by atoms with van der Waals surface area (Å²) in [6, 6.07) is 11.4. The Morgan fingerprint density at radius 3 is 2.45 bits per heavy atom. The van der Waals surface area contributed by atoms with Crippen molar-refractivity contribution in [2.24, 2.45) is 5.14 Å². The molecule has 3 aromatic rings. The molecular formula is C19H20N4O4S2. The summed E-state index contributed by atoms with van der Waals surface area (Å²) in [7, 11) is -7.74. The molecule has 0 bridgehead atoms. The molecule has 152 valence electrons. The van der Waals surface area contributed by atoms with Gasteiger partial charge in [0.2, 0.25) is 10.0 Å². The molecule has 1 aliphatic rings. The predicted molar refractivity (Wildman–Crippen MR) is 109 cm³/mol. The lowest BCUT2D eigenvalue weighted by Gasteiger charge is -2.23. The SMILES string of the molecule is Cc1ccccc1-n1cc(S(=O)(=O)N2c3ccc(S(N)(=O)=O)cc3CC2C)cn1. The van der Waals surface area contributed by atoms with Gasteiger partial charge in [0.05, 0.1) is 28.7 Å². The second kappa shape index (κ2) is 6.68. The number of rotatable bonds is 4. The lowest BCUT2D eigenvalue weighted by molar-refractivity contribution is 0.584. The van der Waals surface area contributed by atoms with Crippen LogP contribution in [0.4, 0.5) is 5.69 Å². The molecule has 10 heteroatoms. The van der Waals surface area contributed by atoms with E-state index in [0.717, 1.165) is 11.3 Å². The molecule has 1 atom stereocenters. The molecule has 8 nitrogen and oxygen atoms in total. The van der Waals surface area contributed by atoms with E-state index in [2.05, 4.69) is 5.10 Å². The third-order valence-corrected chi connectivity index (χ3v) is 7.80. The highest BCUT2D eigenvalue weighted by atomic mass is 32.2. The number of fused-ring (bicyclic) bond motifs is 1. The van der Waals surface area contributed by atoms with Gasteiger partial charge in [-0.05, 0) is 55.7 Å². The Morgan fingerprint density at radius 1 is 1.03 bits per heavy atom. The number of benzene rings is 2. The van der Waals surface area contributed by atoms with Crippen LogP contribution < -0.4 is 9.44 Å². The molecule has 0 saturated carbocycles. The van der Waals surface area contributed by atoms with Crippen LogP contribution in [-0.2, 0) is 26.5 Å². The molecule has 0 saturated heterocycles. The molecule has 0 aliphatic carbocycles. The zero-order valence-corrected chi connectivity index (χ0v) is 17.5. The zero-order chi connectivity index (χ0) is 21.0. The van der Waals surface area contributed by atoms with Gasteiger partial charge in [-0.1, -0.05) is 18.2 Å². The molecule has 1 unspecified atom stereocenters. The summed E-state index contributed by atoms with van der Waals surface area (Å²) in [5.74, 6) is 0. The number of hydrogen-bond acceptors (Lipinski definition) is 5. The van der Waals surface area contributed by atoms with Gasteiger partial charge in [-0.3, -0.25) is 4.31 Å². The second-order valence-electron chi connectivity index (χ2n) is 7.10. The van der Waals surface area contributed by atoms with Gasteiger partial charge >= 0.3 is 0 Å². The monoisotopic (exact) mass is 432 g/mol. The normalized spacial score (nSPS) is 16.8. The quantitative estimate of drug-likeness (QED) is 0.677. The van der Waals surface area contributed by atoms with Crippen LogP contribution in [0.1, 0.15) is 18.1 Å². The number of aryl methyl sites for hydroxylation is 1. The van der Waals surface area contributed by atoms with Crippen molar-refractivity contribution in [3.8, 4) is 5.69 Å². The number of nitrogens with zero attached hydrogens (tertiary/aromatic N) is 3. The summed E-state index contributed by atoms with van der Waals surface area (Å²) in [5, 5.41) is 9.42. The van der Waals surface area contributed by atoms with Gasteiger partial charge in [0.25, 0.3) is 10.0 Å². The smallest absolute Gasteiger partial charge is 0.263 e. The van der Waals surface area contributed by atoms with E-state index < -0.39 is 20.0 Å². The van der Waals surface area contributed by atoms with Gasteiger partial charge in [-0.15, -0.1) is 0 Å². The van der Waals surface area contributed by atoms with Crippen molar-refractivity contribution < 1.29 is 16.8 Å². The van der Waals surface area contributed by atoms with Crippen LogP contribution in [0.5, 0.6) is 0 Å². The molecule has 0 amide bonds. The first kappa shape index (κ1) is 19.6. The lowest BCUT2D eigenvalue weighted by Crippen LogP contribution is -2.35. The summed E-state index contributed by atoms with van der Waals surface area (Å²) in [6.45, 7) is 3.70. The maximum absolute atomic E-state index is 13.3. The molecule has 0 fully saturated rings. The average molecular weight is 433 g/mol. The molecule has 4 rings (SSSR count). The molecule has 29 heavy (non-hydrogen) atoms. The van der Waals surface area contributed by atoms with Gasteiger partial charge in [-0.25, -0.2) is 26.7 Å². The Hall–Kier alpha value is -2.69. The summed E-state index contributed by atoms with van der Waals surface area (Å²) < 4.78 is 52.8. The maximum Gasteiger partial charge on any atom is 0.267 e. The minimum absolute atomic E-state index is 0.0323. The third kappa shape index (κ3) is 3.33. The second-order valence-corrected chi connectivity index (χ2v) is 10.5. The van der Waals surface area contributed by atoms with Crippen molar-refractivity contribution in [2.75, 3.05) is 4.31 Å². The fraction of sp³-hybridized carbons (Fsp3) is 0.211. The van der Waals surface area contributed by atoms with Gasteiger partial charge in [-0.2, -0.15) is 5.10 Å². The Kier molecular flexibility index (Phi) is 4.52. The first-order chi connectivity index (χ1) is 13.6. The fourth-order valence-corrected chi connectivity index (χ4v) is 5.82. The highest BCUT2D eigenvalue weighted by molar-refractivity contribution is 7.93. The van der Waals surface area contributed by atoms with Crippen LogP contribution >= 0.6 is 0 Å². The Balaban J connectivity index is 1.75. The van der Waals surface area contributed by atoms with Crippen molar-refractivity contribution >= 4 is 25.7 Å². The Bertz CT molecular complexity index is 1310. The van der Waals surface area contributed by atoms with Crippen molar-refractivity contribution in [3.05, 3.63) is 66.0 Å². The number of hydrogen-bond donors (Lipinski definition) is 1. The molecule has 0 radical (unpaired) electrons. The number of primary sulfonamides is 1. The standard InChI is InChI=1S/C19H20N4O4S2/c1-13-5-3-4-6-18(13)22-12-17(11-21-22)29(26,27)23-14(2)9-15-10-16(28(20,24)25)7-8-19(15)23/h3-8,10-12,14H,9H2,1-2H3,(H2,20,24,25). The molecule has 2 aromatic carbocycles. The highest BCUT2D eigenvalue weighted by Crippen LogP contribution is 2.37. The molecule has 2 heterocycles. The summed E-state index contributed by atoms with van der Waals surface area (Å²) in [6.07, 6.45) is 3.20. The van der Waals surface area contributed by atoms with Crippen LogP contribution in [-0.4, -0.2) is 32.7 Å². The van der Waals surface area contributed by atoms with Gasteiger partial charge in [0, 0.05) is 6.04 Å². The zero-order valence-electron chi connectivity index (χ0n) is 15.8. The topological polar surface area (TPSA) is 115 Å². The molecule has 2 N–H and O–H groups in total. The van der Waals surface area contributed by atoms with Crippen LogP contribution in [0.2, 0.25) is 0 Å². The van der Waals surface area contributed by atoms with Crippen LogP contribution in [0.3, 0.4) is 0 Å². The van der Waals surface area contributed by atoms with Crippen LogP contribution in [0.15, 0.2) is 64.6 Å². The van der Waals surface area contributed by atoms with E-state index in [9.17, 15) is 16.8 Å². The van der Waals surface area contributed by atoms with E-state index in [1.165, 1.54) is 39.6 Å². The van der Waals surface area contributed by atoms with E-state index in [1.807, 2.05) is 31.2 Å². The first-order valence-corrected chi connectivity index (χ1v) is 11.9.